The first-order valence-electron chi connectivity index (χ1n) is 7.62. The van der Waals surface area contributed by atoms with Crippen LogP contribution in [0, 0.1) is 0 Å². The lowest BCUT2D eigenvalue weighted by Crippen LogP contribution is -1.99. The van der Waals surface area contributed by atoms with Crippen LogP contribution < -0.4 is 14.2 Å². The number of ether oxygens (including phenoxy) is 3. The van der Waals surface area contributed by atoms with Gasteiger partial charge >= 0.3 is 0 Å². The van der Waals surface area contributed by atoms with Crippen molar-refractivity contribution in [2.75, 3.05) is 27.6 Å². The molecule has 26 heavy (non-hydrogen) atoms. The highest BCUT2D eigenvalue weighted by atomic mass is 32.2. The minimum atomic E-state index is -3.29. The van der Waals surface area contributed by atoms with Crippen LogP contribution in [0.4, 0.5) is 0 Å². The fraction of sp³-hybridized carbons (Fsp3) is 0.211. The van der Waals surface area contributed by atoms with Gasteiger partial charge in [-0.2, -0.15) is 0 Å². The zero-order valence-electron chi connectivity index (χ0n) is 15.0. The summed E-state index contributed by atoms with van der Waals surface area (Å²) < 4.78 is 38.7. The Morgan fingerprint density at radius 3 is 1.88 bits per heavy atom. The number of ketones is 1. The first-order valence-corrected chi connectivity index (χ1v) is 9.52. The normalized spacial score (nSPS) is 11.4. The molecule has 0 fully saturated rings. The summed E-state index contributed by atoms with van der Waals surface area (Å²) in [5.74, 6) is 1.18. The number of methoxy groups -OCH3 is 3. The van der Waals surface area contributed by atoms with E-state index < -0.39 is 9.84 Å². The second kappa shape index (κ2) is 8.05. The summed E-state index contributed by atoms with van der Waals surface area (Å²) >= 11 is 0. The van der Waals surface area contributed by atoms with Gasteiger partial charge in [-0.05, 0) is 48.0 Å². The zero-order chi connectivity index (χ0) is 19.3. The number of allylic oxidation sites excluding steroid dienone is 1. The summed E-state index contributed by atoms with van der Waals surface area (Å²) in [6.45, 7) is 0. The Balaban J connectivity index is 2.27. The summed E-state index contributed by atoms with van der Waals surface area (Å²) in [5, 5.41) is 0. The topological polar surface area (TPSA) is 78.9 Å². The molecule has 0 saturated heterocycles. The maximum atomic E-state index is 12.3. The van der Waals surface area contributed by atoms with E-state index in [1.54, 1.807) is 18.2 Å². The molecule has 0 heterocycles. The second-order valence-corrected chi connectivity index (χ2v) is 7.47. The van der Waals surface area contributed by atoms with Crippen LogP contribution in [0.25, 0.3) is 6.08 Å². The van der Waals surface area contributed by atoms with E-state index in [1.165, 1.54) is 51.7 Å². The number of carbonyl (C=O) groups excluding carboxylic acids is 1. The van der Waals surface area contributed by atoms with E-state index >= 15 is 0 Å². The first-order chi connectivity index (χ1) is 12.3. The summed E-state index contributed by atoms with van der Waals surface area (Å²) in [6.07, 6.45) is 4.14. The van der Waals surface area contributed by atoms with E-state index in [-0.39, 0.29) is 10.7 Å². The van der Waals surface area contributed by atoms with Crippen LogP contribution in [-0.2, 0) is 9.84 Å². The third-order valence-corrected chi connectivity index (χ3v) is 4.81. The van der Waals surface area contributed by atoms with E-state index in [9.17, 15) is 13.2 Å². The van der Waals surface area contributed by atoms with Gasteiger partial charge in [-0.3, -0.25) is 4.79 Å². The van der Waals surface area contributed by atoms with Crippen LogP contribution in [0.1, 0.15) is 15.9 Å². The van der Waals surface area contributed by atoms with Crippen molar-refractivity contribution in [2.45, 2.75) is 4.90 Å². The van der Waals surface area contributed by atoms with Crippen molar-refractivity contribution in [1.82, 2.24) is 0 Å². The molecule has 0 unspecified atom stereocenters. The number of hydrogen-bond acceptors (Lipinski definition) is 6. The lowest BCUT2D eigenvalue weighted by molar-refractivity contribution is 0.104. The van der Waals surface area contributed by atoms with Crippen molar-refractivity contribution in [3.05, 3.63) is 53.6 Å². The SMILES string of the molecule is COc1cc(C=CC(=O)c2ccc(S(C)(=O)=O)cc2)cc(OC)c1OC. The van der Waals surface area contributed by atoms with E-state index in [1.807, 2.05) is 0 Å². The van der Waals surface area contributed by atoms with Gasteiger partial charge < -0.3 is 14.2 Å². The lowest BCUT2D eigenvalue weighted by atomic mass is 10.1. The van der Waals surface area contributed by atoms with Crippen molar-refractivity contribution in [2.24, 2.45) is 0 Å². The van der Waals surface area contributed by atoms with Gasteiger partial charge in [0.2, 0.25) is 5.75 Å². The van der Waals surface area contributed by atoms with Crippen LogP contribution in [0.2, 0.25) is 0 Å². The van der Waals surface area contributed by atoms with Gasteiger partial charge in [0, 0.05) is 11.8 Å². The number of benzene rings is 2. The summed E-state index contributed by atoms with van der Waals surface area (Å²) in [6, 6.07) is 9.23. The molecule has 0 radical (unpaired) electrons. The maximum Gasteiger partial charge on any atom is 0.203 e. The van der Waals surface area contributed by atoms with Gasteiger partial charge in [0.15, 0.2) is 27.1 Å². The largest absolute Gasteiger partial charge is 0.493 e. The minimum absolute atomic E-state index is 0.169. The van der Waals surface area contributed by atoms with E-state index in [4.69, 9.17) is 14.2 Å². The van der Waals surface area contributed by atoms with Gasteiger partial charge in [0.1, 0.15) is 0 Å². The average Bonchev–Trinajstić information content (AvgIpc) is 2.64. The molecule has 7 heteroatoms. The van der Waals surface area contributed by atoms with Crippen LogP contribution in [0.15, 0.2) is 47.4 Å². The highest BCUT2D eigenvalue weighted by Crippen LogP contribution is 2.38. The first kappa shape index (κ1) is 19.5. The summed E-state index contributed by atoms with van der Waals surface area (Å²) in [7, 11) is 1.25. The van der Waals surface area contributed by atoms with Crippen LogP contribution in [0.3, 0.4) is 0 Å². The van der Waals surface area contributed by atoms with Crippen molar-refractivity contribution < 1.29 is 27.4 Å². The van der Waals surface area contributed by atoms with Crippen LogP contribution in [0.5, 0.6) is 17.2 Å². The van der Waals surface area contributed by atoms with Crippen molar-refractivity contribution >= 4 is 21.7 Å². The molecule has 0 amide bonds. The molecule has 0 bridgehead atoms. The van der Waals surface area contributed by atoms with Crippen LogP contribution in [-0.4, -0.2) is 41.8 Å². The highest BCUT2D eigenvalue weighted by Gasteiger charge is 2.12. The smallest absolute Gasteiger partial charge is 0.203 e. The molecule has 0 saturated carbocycles. The third-order valence-electron chi connectivity index (χ3n) is 3.68. The van der Waals surface area contributed by atoms with Gasteiger partial charge in [-0.1, -0.05) is 6.08 Å². The molecule has 2 rings (SSSR count). The molecule has 0 aliphatic rings. The molecule has 0 aromatic heterocycles. The molecule has 0 aliphatic carbocycles. The summed E-state index contributed by atoms with van der Waals surface area (Å²) in [4.78, 5) is 12.5. The van der Waals surface area contributed by atoms with Crippen molar-refractivity contribution in [3.8, 4) is 17.2 Å². The number of rotatable bonds is 7. The zero-order valence-corrected chi connectivity index (χ0v) is 15.8. The van der Waals surface area contributed by atoms with Crippen molar-refractivity contribution in [3.63, 3.8) is 0 Å². The molecule has 6 nitrogen and oxygen atoms in total. The fourth-order valence-electron chi connectivity index (χ4n) is 2.33. The Labute approximate surface area is 152 Å². The van der Waals surface area contributed by atoms with Gasteiger partial charge in [-0.25, -0.2) is 8.42 Å². The van der Waals surface area contributed by atoms with E-state index in [0.717, 1.165) is 6.26 Å². The quantitative estimate of drug-likeness (QED) is 0.546. The Morgan fingerprint density at radius 1 is 0.923 bits per heavy atom. The maximum absolute atomic E-state index is 12.3. The monoisotopic (exact) mass is 376 g/mol. The predicted octanol–water partition coefficient (Wildman–Crippen LogP) is 3.01. The number of hydrogen-bond donors (Lipinski definition) is 0. The standard InChI is InChI=1S/C19H20O6S/c1-23-17-11-13(12-18(24-2)19(17)25-3)5-10-16(20)14-6-8-15(9-7-14)26(4,21)22/h5-12H,1-4H3. The number of sulfone groups is 1. The molecule has 0 N–H and O–H groups in total. The van der Waals surface area contributed by atoms with Gasteiger partial charge in [0.05, 0.1) is 26.2 Å². The third kappa shape index (κ3) is 4.43. The predicted molar refractivity (Wildman–Crippen MR) is 99.0 cm³/mol. The second-order valence-electron chi connectivity index (χ2n) is 5.45. The molecule has 0 aliphatic heterocycles. The molecule has 0 atom stereocenters. The van der Waals surface area contributed by atoms with Crippen molar-refractivity contribution in [1.29, 1.82) is 0 Å². The molecule has 0 spiro atoms. The Kier molecular flexibility index (Phi) is 6.05. The number of carbonyl (C=O) groups is 1. The minimum Gasteiger partial charge on any atom is -0.493 e. The lowest BCUT2D eigenvalue weighted by Gasteiger charge is -2.12. The average molecular weight is 376 g/mol. The van der Waals surface area contributed by atoms with E-state index in [0.29, 0.717) is 28.4 Å². The Hall–Kier alpha value is -2.80. The Bertz CT molecular complexity index is 902. The molecule has 2 aromatic carbocycles. The van der Waals surface area contributed by atoms with Gasteiger partial charge in [0.25, 0.3) is 0 Å². The highest BCUT2D eigenvalue weighted by molar-refractivity contribution is 7.90. The van der Waals surface area contributed by atoms with Gasteiger partial charge in [-0.15, -0.1) is 0 Å². The van der Waals surface area contributed by atoms with E-state index in [2.05, 4.69) is 0 Å². The molecular formula is C19H20O6S. The fourth-order valence-corrected chi connectivity index (χ4v) is 2.96. The molecule has 138 valence electrons. The Morgan fingerprint density at radius 2 is 1.46 bits per heavy atom. The molecular weight excluding hydrogens is 356 g/mol. The summed E-state index contributed by atoms with van der Waals surface area (Å²) in [5.41, 5.74) is 1.08. The molecule has 2 aromatic rings. The van der Waals surface area contributed by atoms with Crippen LogP contribution >= 0.6 is 0 Å².